The highest BCUT2D eigenvalue weighted by Gasteiger charge is 2.24. The van der Waals surface area contributed by atoms with Gasteiger partial charge in [0.05, 0.1) is 23.9 Å². The van der Waals surface area contributed by atoms with Crippen molar-refractivity contribution in [1.82, 2.24) is 15.6 Å². The zero-order valence-electron chi connectivity index (χ0n) is 16.1. The normalized spacial score (nSPS) is 12.0. The van der Waals surface area contributed by atoms with E-state index in [2.05, 4.69) is 15.6 Å². The highest BCUT2D eigenvalue weighted by molar-refractivity contribution is 7.18. The molecule has 0 fully saturated rings. The third-order valence-corrected chi connectivity index (χ3v) is 5.38. The predicted molar refractivity (Wildman–Crippen MR) is 111 cm³/mol. The van der Waals surface area contributed by atoms with Crippen molar-refractivity contribution in [3.63, 3.8) is 0 Å². The zero-order chi connectivity index (χ0) is 20.1. The van der Waals surface area contributed by atoms with E-state index in [1.165, 1.54) is 0 Å². The van der Waals surface area contributed by atoms with Crippen LogP contribution in [0.4, 0.5) is 0 Å². The second-order valence-corrected chi connectivity index (χ2v) is 7.83. The third-order valence-electron chi connectivity index (χ3n) is 4.34. The fourth-order valence-corrected chi connectivity index (χ4v) is 3.68. The number of carbonyl (C=O) groups excluding carboxylic acids is 2. The van der Waals surface area contributed by atoms with Crippen LogP contribution < -0.4 is 15.4 Å². The van der Waals surface area contributed by atoms with E-state index < -0.39 is 6.04 Å². The van der Waals surface area contributed by atoms with Crippen molar-refractivity contribution in [1.29, 1.82) is 0 Å². The lowest BCUT2D eigenvalue weighted by atomic mass is 10.0. The maximum Gasteiger partial charge on any atom is 0.251 e. The highest BCUT2D eigenvalue weighted by Crippen LogP contribution is 2.21. The molecule has 146 valence electrons. The van der Waals surface area contributed by atoms with Gasteiger partial charge in [-0.3, -0.25) is 9.59 Å². The van der Waals surface area contributed by atoms with Crippen LogP contribution in [0.15, 0.2) is 48.5 Å². The number of nitrogens with zero attached hydrogens (tertiary/aromatic N) is 1. The molecule has 2 amide bonds. The number of para-hydroxylation sites is 1. The molecule has 28 heavy (non-hydrogen) atoms. The summed E-state index contributed by atoms with van der Waals surface area (Å²) in [6, 6.07) is 14.0. The van der Waals surface area contributed by atoms with Crippen molar-refractivity contribution in [2.75, 3.05) is 7.11 Å². The molecule has 2 N–H and O–H groups in total. The van der Waals surface area contributed by atoms with E-state index in [-0.39, 0.29) is 17.7 Å². The molecular weight excluding hydrogens is 374 g/mol. The topological polar surface area (TPSA) is 80.3 Å². The minimum Gasteiger partial charge on any atom is -0.497 e. The van der Waals surface area contributed by atoms with Crippen molar-refractivity contribution in [3.8, 4) is 5.75 Å². The Hall–Kier alpha value is -2.93. The van der Waals surface area contributed by atoms with Gasteiger partial charge in [-0.1, -0.05) is 26.0 Å². The number of amides is 2. The van der Waals surface area contributed by atoms with Crippen LogP contribution in [-0.4, -0.2) is 29.9 Å². The standard InChI is InChI=1S/C21H23N3O3S/c1-13(2)19(24-20(25)14-8-10-15(27-3)11-9-14)21(26)22-12-18-23-16-6-4-5-7-17(16)28-18/h4-11,13,19H,12H2,1-3H3,(H,22,26)(H,24,25). The maximum atomic E-state index is 12.7. The molecule has 0 saturated heterocycles. The number of hydrogen-bond acceptors (Lipinski definition) is 5. The van der Waals surface area contributed by atoms with Gasteiger partial charge >= 0.3 is 0 Å². The average molecular weight is 398 g/mol. The van der Waals surface area contributed by atoms with Gasteiger partial charge in [-0.2, -0.15) is 0 Å². The molecule has 1 aromatic heterocycles. The first kappa shape index (κ1) is 19.8. The lowest BCUT2D eigenvalue weighted by Crippen LogP contribution is -2.49. The monoisotopic (exact) mass is 397 g/mol. The first-order valence-electron chi connectivity index (χ1n) is 9.05. The van der Waals surface area contributed by atoms with Crippen LogP contribution >= 0.6 is 11.3 Å². The number of ether oxygens (including phenoxy) is 1. The summed E-state index contributed by atoms with van der Waals surface area (Å²) in [5.41, 5.74) is 1.40. The van der Waals surface area contributed by atoms with Crippen molar-refractivity contribution >= 4 is 33.4 Å². The van der Waals surface area contributed by atoms with E-state index in [0.29, 0.717) is 17.9 Å². The minimum atomic E-state index is -0.635. The Bertz CT molecular complexity index is 933. The van der Waals surface area contributed by atoms with Gasteiger partial charge in [0.25, 0.3) is 5.91 Å². The highest BCUT2D eigenvalue weighted by atomic mass is 32.1. The first-order valence-corrected chi connectivity index (χ1v) is 9.86. The van der Waals surface area contributed by atoms with Crippen LogP contribution in [0.1, 0.15) is 29.2 Å². The molecule has 0 aliphatic heterocycles. The average Bonchev–Trinajstić information content (AvgIpc) is 3.13. The molecular formula is C21H23N3O3S. The number of hydrogen-bond donors (Lipinski definition) is 2. The molecule has 0 saturated carbocycles. The molecule has 0 radical (unpaired) electrons. The van der Waals surface area contributed by atoms with E-state index in [1.54, 1.807) is 42.7 Å². The van der Waals surface area contributed by atoms with Gasteiger partial charge < -0.3 is 15.4 Å². The van der Waals surface area contributed by atoms with Crippen LogP contribution in [0.5, 0.6) is 5.75 Å². The lowest BCUT2D eigenvalue weighted by Gasteiger charge is -2.21. The zero-order valence-corrected chi connectivity index (χ0v) is 16.9. The Kier molecular flexibility index (Phi) is 6.26. The largest absolute Gasteiger partial charge is 0.497 e. The van der Waals surface area contributed by atoms with Crippen LogP contribution in [0.3, 0.4) is 0 Å². The van der Waals surface area contributed by atoms with Crippen LogP contribution in [-0.2, 0) is 11.3 Å². The summed E-state index contributed by atoms with van der Waals surface area (Å²) in [5, 5.41) is 6.55. The molecule has 0 spiro atoms. The summed E-state index contributed by atoms with van der Waals surface area (Å²) < 4.78 is 6.18. The molecule has 1 atom stereocenters. The Morgan fingerprint density at radius 3 is 2.46 bits per heavy atom. The number of fused-ring (bicyclic) bond motifs is 1. The van der Waals surface area contributed by atoms with Gasteiger partial charge in [-0.15, -0.1) is 11.3 Å². The molecule has 0 aliphatic carbocycles. The third kappa shape index (κ3) is 4.67. The molecule has 2 aromatic carbocycles. The van der Waals surface area contributed by atoms with Gasteiger partial charge in [0.2, 0.25) is 5.91 Å². The van der Waals surface area contributed by atoms with Gasteiger partial charge in [-0.25, -0.2) is 4.98 Å². The van der Waals surface area contributed by atoms with Gasteiger partial charge in [0.15, 0.2) is 0 Å². The number of benzene rings is 2. The molecule has 1 heterocycles. The Labute approximate surface area is 167 Å². The van der Waals surface area contributed by atoms with Gasteiger partial charge in [0.1, 0.15) is 16.8 Å². The number of nitrogens with one attached hydrogen (secondary N) is 2. The van der Waals surface area contributed by atoms with Gasteiger partial charge in [-0.05, 0) is 42.3 Å². The molecule has 7 heteroatoms. The number of rotatable bonds is 7. The predicted octanol–water partition coefficient (Wildman–Crippen LogP) is 3.38. The van der Waals surface area contributed by atoms with E-state index in [9.17, 15) is 9.59 Å². The van der Waals surface area contributed by atoms with E-state index in [1.807, 2.05) is 38.1 Å². The Morgan fingerprint density at radius 2 is 1.82 bits per heavy atom. The summed E-state index contributed by atoms with van der Waals surface area (Å²) in [4.78, 5) is 29.7. The molecule has 3 aromatic rings. The summed E-state index contributed by atoms with van der Waals surface area (Å²) >= 11 is 1.55. The van der Waals surface area contributed by atoms with Crippen LogP contribution in [0, 0.1) is 5.92 Å². The summed E-state index contributed by atoms with van der Waals surface area (Å²) in [6.45, 7) is 4.13. The fourth-order valence-electron chi connectivity index (χ4n) is 2.77. The molecule has 0 bridgehead atoms. The van der Waals surface area contributed by atoms with Crippen molar-refractivity contribution in [2.45, 2.75) is 26.4 Å². The van der Waals surface area contributed by atoms with Crippen molar-refractivity contribution in [3.05, 3.63) is 59.1 Å². The molecule has 3 rings (SSSR count). The first-order chi connectivity index (χ1) is 13.5. The smallest absolute Gasteiger partial charge is 0.251 e. The lowest BCUT2D eigenvalue weighted by molar-refractivity contribution is -0.124. The molecule has 1 unspecified atom stereocenters. The second-order valence-electron chi connectivity index (χ2n) is 6.72. The van der Waals surface area contributed by atoms with E-state index in [0.717, 1.165) is 15.2 Å². The van der Waals surface area contributed by atoms with E-state index in [4.69, 9.17) is 4.74 Å². The Balaban J connectivity index is 1.63. The molecule has 0 aliphatic rings. The number of methoxy groups -OCH3 is 1. The number of aromatic nitrogens is 1. The second kappa shape index (κ2) is 8.84. The quantitative estimate of drug-likeness (QED) is 0.641. The fraction of sp³-hybridized carbons (Fsp3) is 0.286. The maximum absolute atomic E-state index is 12.7. The van der Waals surface area contributed by atoms with E-state index >= 15 is 0 Å². The van der Waals surface area contributed by atoms with Crippen molar-refractivity contribution in [2.24, 2.45) is 5.92 Å². The Morgan fingerprint density at radius 1 is 1.11 bits per heavy atom. The SMILES string of the molecule is COc1ccc(C(=O)NC(C(=O)NCc2nc3ccccc3s2)C(C)C)cc1. The summed E-state index contributed by atoms with van der Waals surface area (Å²) in [5.74, 6) is 0.0933. The summed E-state index contributed by atoms with van der Waals surface area (Å²) in [6.07, 6.45) is 0. The summed E-state index contributed by atoms with van der Waals surface area (Å²) in [7, 11) is 1.57. The van der Waals surface area contributed by atoms with Crippen LogP contribution in [0.25, 0.3) is 10.2 Å². The minimum absolute atomic E-state index is 0.0578. The molecule has 6 nitrogen and oxygen atoms in total. The van der Waals surface area contributed by atoms with Crippen LogP contribution in [0.2, 0.25) is 0 Å². The number of carbonyl (C=O) groups is 2. The number of thiazole rings is 1. The van der Waals surface area contributed by atoms with Gasteiger partial charge in [0, 0.05) is 5.56 Å². The van der Waals surface area contributed by atoms with Crippen molar-refractivity contribution < 1.29 is 14.3 Å².